The first-order valence-corrected chi connectivity index (χ1v) is 9.82. The minimum Gasteiger partial charge on any atom is -0.487 e. The lowest BCUT2D eigenvalue weighted by Crippen LogP contribution is -2.38. The molecule has 1 aromatic heterocycles. The molecule has 0 saturated carbocycles. The molecular formula is C22H22ClFN2O2. The van der Waals surface area contributed by atoms with Crippen molar-refractivity contribution in [2.24, 2.45) is 0 Å². The molecule has 28 heavy (non-hydrogen) atoms. The molecule has 2 aromatic carbocycles. The molecule has 0 aliphatic carbocycles. The number of oxazole rings is 1. The molecular weight excluding hydrogens is 379 g/mol. The van der Waals surface area contributed by atoms with E-state index in [1.54, 1.807) is 18.2 Å². The Labute approximate surface area is 168 Å². The number of hydrogen-bond donors (Lipinski definition) is 0. The van der Waals surface area contributed by atoms with Gasteiger partial charge in [-0.2, -0.15) is 0 Å². The number of para-hydroxylation sites is 1. The van der Waals surface area contributed by atoms with E-state index in [9.17, 15) is 4.39 Å². The summed E-state index contributed by atoms with van der Waals surface area (Å²) in [4.78, 5) is 6.98. The fourth-order valence-corrected chi connectivity index (χ4v) is 3.66. The van der Waals surface area contributed by atoms with E-state index in [1.165, 1.54) is 6.07 Å². The standard InChI is InChI=1S/C22H22ClFN2O2/c1-15-20(25-22(27-15)17-6-2-3-7-18(17)23)14-26-12-10-16(11-13-26)28-21-9-5-4-8-19(21)24/h2-9,16H,10-14H2,1H3. The van der Waals surface area contributed by atoms with E-state index in [1.807, 2.05) is 31.2 Å². The summed E-state index contributed by atoms with van der Waals surface area (Å²) in [6.07, 6.45) is 1.73. The van der Waals surface area contributed by atoms with Crippen molar-refractivity contribution >= 4 is 11.6 Å². The van der Waals surface area contributed by atoms with Gasteiger partial charge in [-0.05, 0) is 44.0 Å². The van der Waals surface area contributed by atoms with Gasteiger partial charge in [-0.3, -0.25) is 4.90 Å². The molecule has 0 unspecified atom stereocenters. The van der Waals surface area contributed by atoms with E-state index in [2.05, 4.69) is 9.88 Å². The van der Waals surface area contributed by atoms with Crippen LogP contribution in [-0.2, 0) is 6.54 Å². The predicted octanol–water partition coefficient (Wildman–Crippen LogP) is 5.49. The van der Waals surface area contributed by atoms with Gasteiger partial charge in [0.2, 0.25) is 5.89 Å². The molecule has 0 bridgehead atoms. The van der Waals surface area contributed by atoms with Crippen molar-refractivity contribution in [2.75, 3.05) is 13.1 Å². The maximum atomic E-state index is 13.8. The van der Waals surface area contributed by atoms with Crippen molar-refractivity contribution in [3.05, 3.63) is 70.8 Å². The molecule has 4 rings (SSSR count). The van der Waals surface area contributed by atoms with Crippen LogP contribution in [0, 0.1) is 12.7 Å². The fourth-order valence-electron chi connectivity index (χ4n) is 3.44. The number of aryl methyl sites for hydroxylation is 1. The van der Waals surface area contributed by atoms with Gasteiger partial charge in [-0.15, -0.1) is 0 Å². The summed E-state index contributed by atoms with van der Waals surface area (Å²) in [6, 6.07) is 14.1. The van der Waals surface area contributed by atoms with Crippen LogP contribution in [0.5, 0.6) is 5.75 Å². The molecule has 4 nitrogen and oxygen atoms in total. The Morgan fingerprint density at radius 3 is 2.61 bits per heavy atom. The third kappa shape index (κ3) is 4.21. The molecule has 3 aromatic rings. The molecule has 0 spiro atoms. The molecule has 0 N–H and O–H groups in total. The Hall–Kier alpha value is -2.37. The van der Waals surface area contributed by atoms with E-state index in [0.29, 0.717) is 23.2 Å². The number of benzene rings is 2. The van der Waals surface area contributed by atoms with E-state index < -0.39 is 0 Å². The number of piperidine rings is 1. The molecule has 0 amide bonds. The third-order valence-corrected chi connectivity index (χ3v) is 5.36. The fraction of sp³-hybridized carbons (Fsp3) is 0.318. The number of rotatable bonds is 5. The first-order valence-electron chi connectivity index (χ1n) is 9.45. The molecule has 0 atom stereocenters. The Bertz CT molecular complexity index is 951. The van der Waals surface area contributed by atoms with E-state index in [4.69, 9.17) is 20.8 Å². The minimum absolute atomic E-state index is 0.0326. The lowest BCUT2D eigenvalue weighted by Gasteiger charge is -2.31. The van der Waals surface area contributed by atoms with Crippen LogP contribution >= 0.6 is 11.6 Å². The number of ether oxygens (including phenoxy) is 1. The van der Waals surface area contributed by atoms with E-state index in [0.717, 1.165) is 42.9 Å². The Morgan fingerprint density at radius 1 is 1.14 bits per heavy atom. The molecule has 6 heteroatoms. The van der Waals surface area contributed by atoms with E-state index in [-0.39, 0.29) is 11.9 Å². The average molecular weight is 401 g/mol. The lowest BCUT2D eigenvalue weighted by atomic mass is 10.1. The third-order valence-electron chi connectivity index (χ3n) is 5.04. The van der Waals surface area contributed by atoms with Gasteiger partial charge in [0, 0.05) is 19.6 Å². The molecule has 0 radical (unpaired) electrons. The van der Waals surface area contributed by atoms with Gasteiger partial charge in [0.1, 0.15) is 11.9 Å². The zero-order chi connectivity index (χ0) is 19.5. The van der Waals surface area contributed by atoms with Crippen molar-refractivity contribution in [2.45, 2.75) is 32.4 Å². The van der Waals surface area contributed by atoms with Crippen LogP contribution < -0.4 is 4.74 Å². The van der Waals surface area contributed by atoms with Crippen LogP contribution in [0.2, 0.25) is 5.02 Å². The monoisotopic (exact) mass is 400 g/mol. The molecule has 1 fully saturated rings. The number of nitrogens with zero attached hydrogens (tertiary/aromatic N) is 2. The highest BCUT2D eigenvalue weighted by atomic mass is 35.5. The first-order chi connectivity index (χ1) is 13.6. The Balaban J connectivity index is 1.36. The highest BCUT2D eigenvalue weighted by Gasteiger charge is 2.23. The molecule has 2 heterocycles. The molecule has 1 aliphatic rings. The first kappa shape index (κ1) is 19.0. The summed E-state index contributed by atoms with van der Waals surface area (Å²) in [5.74, 6) is 1.38. The molecule has 1 saturated heterocycles. The second kappa shape index (κ2) is 8.33. The van der Waals surface area contributed by atoms with Crippen LogP contribution in [0.15, 0.2) is 52.9 Å². The highest BCUT2D eigenvalue weighted by molar-refractivity contribution is 6.33. The normalized spacial score (nSPS) is 15.7. The minimum atomic E-state index is -0.310. The summed E-state index contributed by atoms with van der Waals surface area (Å²) in [6.45, 7) is 4.38. The van der Waals surface area contributed by atoms with Crippen molar-refractivity contribution in [3.8, 4) is 17.2 Å². The topological polar surface area (TPSA) is 38.5 Å². The van der Waals surface area contributed by atoms with Crippen LogP contribution in [0.4, 0.5) is 4.39 Å². The zero-order valence-corrected chi connectivity index (χ0v) is 16.5. The van der Waals surface area contributed by atoms with E-state index >= 15 is 0 Å². The molecule has 1 aliphatic heterocycles. The van der Waals surface area contributed by atoms with Crippen LogP contribution in [0.25, 0.3) is 11.5 Å². The Morgan fingerprint density at radius 2 is 1.86 bits per heavy atom. The van der Waals surface area contributed by atoms with Gasteiger partial charge in [0.15, 0.2) is 11.6 Å². The van der Waals surface area contributed by atoms with Crippen molar-refractivity contribution in [1.82, 2.24) is 9.88 Å². The second-order valence-corrected chi connectivity index (χ2v) is 7.43. The summed E-state index contributed by atoms with van der Waals surface area (Å²) < 4.78 is 25.4. The number of likely N-dealkylation sites (tertiary alicyclic amines) is 1. The van der Waals surface area contributed by atoms with Crippen LogP contribution in [0.3, 0.4) is 0 Å². The van der Waals surface area contributed by atoms with Gasteiger partial charge in [-0.25, -0.2) is 9.37 Å². The second-order valence-electron chi connectivity index (χ2n) is 7.03. The quantitative estimate of drug-likeness (QED) is 0.568. The summed E-state index contributed by atoms with van der Waals surface area (Å²) >= 11 is 6.25. The van der Waals surface area contributed by atoms with Gasteiger partial charge in [0.25, 0.3) is 0 Å². The zero-order valence-electron chi connectivity index (χ0n) is 15.7. The van der Waals surface area contributed by atoms with Gasteiger partial charge in [-0.1, -0.05) is 35.9 Å². The summed E-state index contributed by atoms with van der Waals surface area (Å²) in [5.41, 5.74) is 1.72. The van der Waals surface area contributed by atoms with Crippen LogP contribution in [-0.4, -0.2) is 29.1 Å². The number of hydrogen-bond acceptors (Lipinski definition) is 4. The SMILES string of the molecule is Cc1oc(-c2ccccc2Cl)nc1CN1CCC(Oc2ccccc2F)CC1. The van der Waals surface area contributed by atoms with Gasteiger partial charge in [0.05, 0.1) is 16.3 Å². The van der Waals surface area contributed by atoms with Crippen LogP contribution in [0.1, 0.15) is 24.3 Å². The predicted molar refractivity (Wildman–Crippen MR) is 107 cm³/mol. The Kier molecular flexibility index (Phi) is 5.64. The highest BCUT2D eigenvalue weighted by Crippen LogP contribution is 2.29. The largest absolute Gasteiger partial charge is 0.487 e. The lowest BCUT2D eigenvalue weighted by molar-refractivity contribution is 0.0927. The maximum absolute atomic E-state index is 13.8. The van der Waals surface area contributed by atoms with Crippen molar-refractivity contribution in [3.63, 3.8) is 0 Å². The van der Waals surface area contributed by atoms with Crippen molar-refractivity contribution < 1.29 is 13.5 Å². The smallest absolute Gasteiger partial charge is 0.228 e. The van der Waals surface area contributed by atoms with Gasteiger partial charge >= 0.3 is 0 Å². The average Bonchev–Trinajstić information content (AvgIpc) is 3.05. The number of halogens is 2. The van der Waals surface area contributed by atoms with Gasteiger partial charge < -0.3 is 9.15 Å². The molecule has 146 valence electrons. The maximum Gasteiger partial charge on any atom is 0.228 e. The number of aromatic nitrogens is 1. The van der Waals surface area contributed by atoms with Crippen molar-refractivity contribution in [1.29, 1.82) is 0 Å². The summed E-state index contributed by atoms with van der Waals surface area (Å²) in [7, 11) is 0. The summed E-state index contributed by atoms with van der Waals surface area (Å²) in [5, 5.41) is 0.626.